The van der Waals surface area contributed by atoms with E-state index in [1.165, 1.54) is 37.8 Å². The van der Waals surface area contributed by atoms with Crippen molar-refractivity contribution >= 4 is 5.78 Å². The van der Waals surface area contributed by atoms with E-state index in [-0.39, 0.29) is 0 Å². The van der Waals surface area contributed by atoms with Gasteiger partial charge in [-0.15, -0.1) is 0 Å². The fourth-order valence-electron chi connectivity index (χ4n) is 7.86. The molecule has 0 aromatic carbocycles. The molecule has 0 aromatic rings. The summed E-state index contributed by atoms with van der Waals surface area (Å²) in [4.78, 5) is 12.5. The average Bonchev–Trinajstić information content (AvgIpc) is 2.80. The van der Waals surface area contributed by atoms with Gasteiger partial charge in [0.15, 0.2) is 5.78 Å². The molecule has 0 aliphatic heterocycles. The first-order chi connectivity index (χ1) is 11.4. The number of hydrogen-bond donors (Lipinski definition) is 1. The zero-order valence-corrected chi connectivity index (χ0v) is 15.8. The second kappa shape index (κ2) is 4.89. The standard InChI is InChI=1S/C22H33NO/c1-11(19-15-6-5-14-7-13(8-15)9-16(14)19)23-12(2)20-18(24)10-17-21(20)22(17,3)4/h11,13-17,19,21,23H,5-10H2,1-4H3/b20-12+/t11-,13+,14+,15+,16-,17-,19-,21-/m1/s1. The summed E-state index contributed by atoms with van der Waals surface area (Å²) in [7, 11) is 0. The van der Waals surface area contributed by atoms with Crippen LogP contribution in [0.2, 0.25) is 0 Å². The van der Waals surface area contributed by atoms with Crippen molar-refractivity contribution in [1.82, 2.24) is 5.32 Å². The quantitative estimate of drug-likeness (QED) is 0.770. The van der Waals surface area contributed by atoms with E-state index in [2.05, 4.69) is 33.0 Å². The van der Waals surface area contributed by atoms with Crippen molar-refractivity contribution in [2.24, 2.45) is 46.8 Å². The molecule has 5 rings (SSSR count). The van der Waals surface area contributed by atoms with Gasteiger partial charge < -0.3 is 5.32 Å². The Morgan fingerprint density at radius 2 is 1.88 bits per heavy atom. The van der Waals surface area contributed by atoms with Crippen LogP contribution in [0.3, 0.4) is 0 Å². The van der Waals surface area contributed by atoms with E-state index in [1.807, 2.05) is 0 Å². The van der Waals surface area contributed by atoms with Gasteiger partial charge >= 0.3 is 0 Å². The summed E-state index contributed by atoms with van der Waals surface area (Å²) in [5.41, 5.74) is 2.72. The summed E-state index contributed by atoms with van der Waals surface area (Å²) >= 11 is 0. The van der Waals surface area contributed by atoms with E-state index in [0.717, 1.165) is 41.6 Å². The first-order valence-electron chi connectivity index (χ1n) is 10.4. The molecular weight excluding hydrogens is 294 g/mol. The third kappa shape index (κ3) is 1.98. The highest BCUT2D eigenvalue weighted by atomic mass is 16.1. The number of carbonyl (C=O) groups excluding carboxylic acids is 1. The minimum atomic E-state index is 0.359. The lowest BCUT2D eigenvalue weighted by atomic mass is 9.62. The molecule has 8 atom stereocenters. The number of nitrogens with one attached hydrogen (secondary N) is 1. The van der Waals surface area contributed by atoms with E-state index in [1.54, 1.807) is 0 Å². The van der Waals surface area contributed by atoms with Crippen molar-refractivity contribution < 1.29 is 4.79 Å². The van der Waals surface area contributed by atoms with Gasteiger partial charge in [-0.05, 0) is 92.8 Å². The van der Waals surface area contributed by atoms with Crippen molar-refractivity contribution in [3.8, 4) is 0 Å². The zero-order chi connectivity index (χ0) is 16.8. The molecule has 0 aromatic heterocycles. The topological polar surface area (TPSA) is 29.1 Å². The first-order valence-corrected chi connectivity index (χ1v) is 10.4. The van der Waals surface area contributed by atoms with E-state index >= 15 is 0 Å². The summed E-state index contributed by atoms with van der Waals surface area (Å²) in [5.74, 6) is 6.38. The first kappa shape index (κ1) is 15.5. The fraction of sp³-hybridized carbons (Fsp3) is 0.864. The lowest BCUT2D eigenvalue weighted by molar-refractivity contribution is -0.115. The highest BCUT2D eigenvalue weighted by Crippen LogP contribution is 2.68. The predicted molar refractivity (Wildman–Crippen MR) is 96.2 cm³/mol. The third-order valence-electron chi connectivity index (χ3n) is 8.92. The lowest BCUT2D eigenvalue weighted by Crippen LogP contribution is -2.46. The van der Waals surface area contributed by atoms with Crippen LogP contribution in [-0.2, 0) is 4.79 Å². The Balaban J connectivity index is 1.36. The molecular formula is C22H33NO. The van der Waals surface area contributed by atoms with Crippen LogP contribution in [0.25, 0.3) is 0 Å². The molecule has 5 fully saturated rings. The van der Waals surface area contributed by atoms with Crippen LogP contribution in [0, 0.1) is 46.8 Å². The molecule has 0 saturated heterocycles. The summed E-state index contributed by atoms with van der Waals surface area (Å²) in [6.07, 6.45) is 8.23. The molecule has 132 valence electrons. The minimum Gasteiger partial charge on any atom is -0.385 e. The number of ketones is 1. The van der Waals surface area contributed by atoms with Crippen LogP contribution in [0.1, 0.15) is 66.2 Å². The van der Waals surface area contributed by atoms with Gasteiger partial charge in [0.1, 0.15) is 0 Å². The Morgan fingerprint density at radius 1 is 1.17 bits per heavy atom. The maximum absolute atomic E-state index is 12.5. The maximum Gasteiger partial charge on any atom is 0.161 e. The van der Waals surface area contributed by atoms with Crippen molar-refractivity contribution in [2.75, 3.05) is 0 Å². The van der Waals surface area contributed by atoms with Gasteiger partial charge in [-0.25, -0.2) is 0 Å². The van der Waals surface area contributed by atoms with Crippen molar-refractivity contribution in [2.45, 2.75) is 72.3 Å². The molecule has 0 radical (unpaired) electrons. The SMILES string of the molecule is C/C(N[C@H](C)[C@@H]1[C@H]2CC[C@H]3C[C@@H](C2)C[C@H]31)=C1/C(=O)C[C@@H]2[C@H]1C2(C)C. The van der Waals surface area contributed by atoms with Crippen molar-refractivity contribution in [3.63, 3.8) is 0 Å². The molecule has 3 bridgehead atoms. The van der Waals surface area contributed by atoms with Gasteiger partial charge in [0.25, 0.3) is 0 Å². The Labute approximate surface area is 146 Å². The number of fused-ring (bicyclic) bond motifs is 3. The Bertz CT molecular complexity index is 617. The molecule has 5 aliphatic rings. The van der Waals surface area contributed by atoms with Gasteiger partial charge in [-0.2, -0.15) is 0 Å². The molecule has 2 nitrogen and oxygen atoms in total. The summed E-state index contributed by atoms with van der Waals surface area (Å²) in [6, 6.07) is 0.531. The summed E-state index contributed by atoms with van der Waals surface area (Å²) in [6.45, 7) is 9.26. The van der Waals surface area contributed by atoms with Gasteiger partial charge in [0, 0.05) is 23.7 Å². The van der Waals surface area contributed by atoms with E-state index in [9.17, 15) is 4.79 Å². The minimum absolute atomic E-state index is 0.359. The summed E-state index contributed by atoms with van der Waals surface area (Å²) in [5, 5.41) is 3.84. The van der Waals surface area contributed by atoms with Gasteiger partial charge in [0.05, 0.1) is 0 Å². The Hall–Kier alpha value is -0.790. The molecule has 2 heteroatoms. The van der Waals surface area contributed by atoms with Crippen LogP contribution in [0.15, 0.2) is 11.3 Å². The predicted octanol–water partition coefficient (Wildman–Crippen LogP) is 4.56. The molecule has 0 spiro atoms. The maximum atomic E-state index is 12.5. The number of Topliss-reactive ketones (excluding diaryl/α,β-unsaturated/α-hetero) is 1. The summed E-state index contributed by atoms with van der Waals surface area (Å²) < 4.78 is 0. The van der Waals surface area contributed by atoms with Crippen molar-refractivity contribution in [3.05, 3.63) is 11.3 Å². The van der Waals surface area contributed by atoms with Gasteiger partial charge in [-0.3, -0.25) is 4.79 Å². The van der Waals surface area contributed by atoms with Crippen LogP contribution >= 0.6 is 0 Å². The zero-order valence-electron chi connectivity index (χ0n) is 15.8. The van der Waals surface area contributed by atoms with Crippen molar-refractivity contribution in [1.29, 1.82) is 0 Å². The average molecular weight is 328 g/mol. The third-order valence-corrected chi connectivity index (χ3v) is 8.92. The molecule has 0 amide bonds. The molecule has 5 saturated carbocycles. The van der Waals surface area contributed by atoms with E-state index < -0.39 is 0 Å². The fourth-order valence-corrected chi connectivity index (χ4v) is 7.86. The Morgan fingerprint density at radius 3 is 2.62 bits per heavy atom. The van der Waals surface area contributed by atoms with Crippen LogP contribution in [0.4, 0.5) is 0 Å². The highest BCUT2D eigenvalue weighted by molar-refractivity contribution is 6.01. The number of allylic oxidation sites excluding steroid dienone is 2. The normalized spacial score (nSPS) is 50.7. The number of rotatable bonds is 3. The molecule has 24 heavy (non-hydrogen) atoms. The van der Waals surface area contributed by atoms with Gasteiger partial charge in [-0.1, -0.05) is 13.8 Å². The molecule has 0 heterocycles. The second-order valence-electron chi connectivity index (χ2n) is 10.4. The largest absolute Gasteiger partial charge is 0.385 e. The molecule has 1 N–H and O–H groups in total. The highest BCUT2D eigenvalue weighted by Gasteiger charge is 2.65. The second-order valence-corrected chi connectivity index (χ2v) is 10.4. The monoisotopic (exact) mass is 327 g/mol. The lowest BCUT2D eigenvalue weighted by Gasteiger charge is -2.46. The van der Waals surface area contributed by atoms with Gasteiger partial charge in [0.2, 0.25) is 0 Å². The number of hydrogen-bond acceptors (Lipinski definition) is 2. The smallest absolute Gasteiger partial charge is 0.161 e. The molecule has 0 unspecified atom stereocenters. The van der Waals surface area contributed by atoms with Crippen LogP contribution in [-0.4, -0.2) is 11.8 Å². The number of carbonyl (C=O) groups is 1. The van der Waals surface area contributed by atoms with Crippen LogP contribution in [0.5, 0.6) is 0 Å². The van der Waals surface area contributed by atoms with E-state index in [4.69, 9.17) is 0 Å². The molecule has 5 aliphatic carbocycles. The van der Waals surface area contributed by atoms with E-state index in [0.29, 0.717) is 29.1 Å². The Kier molecular flexibility index (Phi) is 3.15. The van der Waals surface area contributed by atoms with Crippen LogP contribution < -0.4 is 5.32 Å².